The molecule has 3 rings (SSSR count). The van der Waals surface area contributed by atoms with Crippen LogP contribution in [0.2, 0.25) is 0 Å². The Kier molecular flexibility index (Phi) is 3.38. The van der Waals surface area contributed by atoms with Gasteiger partial charge in [0.05, 0.1) is 0 Å². The van der Waals surface area contributed by atoms with Gasteiger partial charge in [0.15, 0.2) is 0 Å². The minimum absolute atomic E-state index is 0.574. The maximum Gasteiger partial charge on any atom is 0.0342 e. The first-order valence-corrected chi connectivity index (χ1v) is 7.68. The van der Waals surface area contributed by atoms with E-state index in [2.05, 4.69) is 62.5 Å². The van der Waals surface area contributed by atoms with Crippen molar-refractivity contribution in [3.05, 3.63) is 42.0 Å². The maximum atomic E-state index is 3.70. The van der Waals surface area contributed by atoms with E-state index >= 15 is 0 Å². The standard InChI is InChI=1S/C18H25N/c1-12(2)15-6-8-17(9-7-15)19-13(3)18-11-14-4-5-16(18)10-14/h4-9,12-14,16,18-19H,10-11H2,1-3H3. The third-order valence-electron chi connectivity index (χ3n) is 4.94. The third kappa shape index (κ3) is 2.56. The molecule has 1 aromatic carbocycles. The molecule has 1 aromatic rings. The number of nitrogens with one attached hydrogen (secondary N) is 1. The zero-order valence-corrected chi connectivity index (χ0v) is 12.3. The third-order valence-corrected chi connectivity index (χ3v) is 4.94. The van der Waals surface area contributed by atoms with Gasteiger partial charge in [0.2, 0.25) is 0 Å². The second-order valence-corrected chi connectivity index (χ2v) is 6.65. The Morgan fingerprint density at radius 3 is 2.26 bits per heavy atom. The summed E-state index contributed by atoms with van der Waals surface area (Å²) in [6.07, 6.45) is 7.63. The summed E-state index contributed by atoms with van der Waals surface area (Å²) in [6.45, 7) is 6.83. The highest BCUT2D eigenvalue weighted by atomic mass is 14.9. The van der Waals surface area contributed by atoms with Crippen molar-refractivity contribution in [3.63, 3.8) is 0 Å². The van der Waals surface area contributed by atoms with E-state index in [9.17, 15) is 0 Å². The van der Waals surface area contributed by atoms with Crippen LogP contribution in [0.4, 0.5) is 5.69 Å². The van der Waals surface area contributed by atoms with Crippen LogP contribution in [0.3, 0.4) is 0 Å². The molecule has 1 heteroatoms. The van der Waals surface area contributed by atoms with Gasteiger partial charge in [-0.3, -0.25) is 0 Å². The SMILES string of the molecule is CC(C)c1ccc(NC(C)C2CC3C=CC2C3)cc1. The summed E-state index contributed by atoms with van der Waals surface area (Å²) in [7, 11) is 0. The molecule has 19 heavy (non-hydrogen) atoms. The lowest BCUT2D eigenvalue weighted by molar-refractivity contribution is 0.400. The van der Waals surface area contributed by atoms with E-state index in [0.29, 0.717) is 12.0 Å². The van der Waals surface area contributed by atoms with E-state index in [1.165, 1.54) is 24.1 Å². The quantitative estimate of drug-likeness (QED) is 0.760. The smallest absolute Gasteiger partial charge is 0.0342 e. The molecule has 1 saturated carbocycles. The van der Waals surface area contributed by atoms with Crippen molar-refractivity contribution in [1.29, 1.82) is 0 Å². The van der Waals surface area contributed by atoms with Crippen LogP contribution in [0.1, 0.15) is 45.1 Å². The molecule has 0 heterocycles. The summed E-state index contributed by atoms with van der Waals surface area (Å²) in [5.41, 5.74) is 2.68. The van der Waals surface area contributed by atoms with Crippen LogP contribution in [-0.2, 0) is 0 Å². The molecule has 2 aliphatic rings. The zero-order chi connectivity index (χ0) is 13.4. The van der Waals surface area contributed by atoms with E-state index in [-0.39, 0.29) is 0 Å². The molecular formula is C18H25N. The largest absolute Gasteiger partial charge is 0.382 e. The summed E-state index contributed by atoms with van der Waals surface area (Å²) >= 11 is 0. The summed E-state index contributed by atoms with van der Waals surface area (Å²) < 4.78 is 0. The van der Waals surface area contributed by atoms with E-state index in [1.54, 1.807) is 0 Å². The van der Waals surface area contributed by atoms with Gasteiger partial charge < -0.3 is 5.32 Å². The summed E-state index contributed by atoms with van der Waals surface area (Å²) in [5.74, 6) is 3.12. The van der Waals surface area contributed by atoms with Crippen molar-refractivity contribution in [2.45, 2.75) is 45.6 Å². The zero-order valence-electron chi connectivity index (χ0n) is 12.3. The lowest BCUT2D eigenvalue weighted by Gasteiger charge is -2.27. The van der Waals surface area contributed by atoms with Crippen LogP contribution in [0.25, 0.3) is 0 Å². The van der Waals surface area contributed by atoms with Gasteiger partial charge in [0, 0.05) is 11.7 Å². The molecular weight excluding hydrogens is 230 g/mol. The van der Waals surface area contributed by atoms with Crippen LogP contribution in [-0.4, -0.2) is 6.04 Å². The van der Waals surface area contributed by atoms with Crippen LogP contribution >= 0.6 is 0 Å². The van der Waals surface area contributed by atoms with Crippen molar-refractivity contribution in [3.8, 4) is 0 Å². The second kappa shape index (κ2) is 5.03. The lowest BCUT2D eigenvalue weighted by atomic mass is 9.87. The average Bonchev–Trinajstić information content (AvgIpc) is 3.01. The molecule has 1 nitrogen and oxygen atoms in total. The Bertz CT molecular complexity index is 457. The Hall–Kier alpha value is -1.24. The molecule has 0 spiro atoms. The van der Waals surface area contributed by atoms with Crippen molar-refractivity contribution < 1.29 is 0 Å². The van der Waals surface area contributed by atoms with Gasteiger partial charge in [-0.1, -0.05) is 38.1 Å². The van der Waals surface area contributed by atoms with Gasteiger partial charge in [-0.05, 0) is 61.1 Å². The van der Waals surface area contributed by atoms with Crippen molar-refractivity contribution in [2.24, 2.45) is 17.8 Å². The minimum atomic E-state index is 0.574. The van der Waals surface area contributed by atoms with Crippen molar-refractivity contribution in [1.82, 2.24) is 0 Å². The molecule has 0 radical (unpaired) electrons. The highest BCUT2D eigenvalue weighted by Gasteiger charge is 2.38. The first-order chi connectivity index (χ1) is 9.13. The van der Waals surface area contributed by atoms with E-state index in [1.807, 2.05) is 0 Å². The molecule has 0 saturated heterocycles. The number of benzene rings is 1. The second-order valence-electron chi connectivity index (χ2n) is 6.65. The number of allylic oxidation sites excluding steroid dienone is 2. The van der Waals surface area contributed by atoms with Crippen LogP contribution < -0.4 is 5.32 Å². The molecule has 1 fully saturated rings. The van der Waals surface area contributed by atoms with Gasteiger partial charge in [0.1, 0.15) is 0 Å². The topological polar surface area (TPSA) is 12.0 Å². The summed E-state index contributed by atoms with van der Waals surface area (Å²) in [4.78, 5) is 0. The summed E-state index contributed by atoms with van der Waals surface area (Å²) in [5, 5.41) is 3.70. The Morgan fingerprint density at radius 1 is 1.00 bits per heavy atom. The van der Waals surface area contributed by atoms with Gasteiger partial charge in [-0.25, -0.2) is 0 Å². The highest BCUT2D eigenvalue weighted by molar-refractivity contribution is 5.46. The molecule has 1 N–H and O–H groups in total. The number of rotatable bonds is 4. The van der Waals surface area contributed by atoms with Crippen molar-refractivity contribution >= 4 is 5.69 Å². The number of hydrogen-bond donors (Lipinski definition) is 1. The number of fused-ring (bicyclic) bond motifs is 2. The normalized spacial score (nSPS) is 30.0. The molecule has 0 amide bonds. The Balaban J connectivity index is 1.63. The Labute approximate surface area is 117 Å². The predicted octanol–water partition coefficient (Wildman–Crippen LogP) is 4.82. The van der Waals surface area contributed by atoms with Gasteiger partial charge in [-0.15, -0.1) is 0 Å². The first-order valence-electron chi connectivity index (χ1n) is 7.68. The molecule has 2 bridgehead atoms. The monoisotopic (exact) mass is 255 g/mol. The fraction of sp³-hybridized carbons (Fsp3) is 0.556. The first kappa shape index (κ1) is 12.8. The van der Waals surface area contributed by atoms with Gasteiger partial charge >= 0.3 is 0 Å². The molecule has 4 atom stereocenters. The average molecular weight is 255 g/mol. The predicted molar refractivity (Wildman–Crippen MR) is 82.5 cm³/mol. The molecule has 0 aliphatic heterocycles. The number of hydrogen-bond acceptors (Lipinski definition) is 1. The maximum absolute atomic E-state index is 3.70. The van der Waals surface area contributed by atoms with Crippen LogP contribution in [0, 0.1) is 17.8 Å². The fourth-order valence-corrected chi connectivity index (χ4v) is 3.73. The lowest BCUT2D eigenvalue weighted by Crippen LogP contribution is -2.28. The van der Waals surface area contributed by atoms with E-state index < -0.39 is 0 Å². The van der Waals surface area contributed by atoms with Crippen LogP contribution in [0.15, 0.2) is 36.4 Å². The van der Waals surface area contributed by atoms with Gasteiger partial charge in [0.25, 0.3) is 0 Å². The summed E-state index contributed by atoms with van der Waals surface area (Å²) in [6, 6.07) is 9.54. The number of anilines is 1. The minimum Gasteiger partial charge on any atom is -0.382 e. The highest BCUT2D eigenvalue weighted by Crippen LogP contribution is 2.45. The molecule has 2 aliphatic carbocycles. The molecule has 4 unspecified atom stereocenters. The van der Waals surface area contributed by atoms with Gasteiger partial charge in [-0.2, -0.15) is 0 Å². The molecule has 0 aromatic heterocycles. The molecule has 102 valence electrons. The fourth-order valence-electron chi connectivity index (χ4n) is 3.73. The van der Waals surface area contributed by atoms with E-state index in [0.717, 1.165) is 17.8 Å². The van der Waals surface area contributed by atoms with Crippen molar-refractivity contribution in [2.75, 3.05) is 5.32 Å². The van der Waals surface area contributed by atoms with Crippen LogP contribution in [0.5, 0.6) is 0 Å². The Morgan fingerprint density at radius 2 is 1.74 bits per heavy atom. The van der Waals surface area contributed by atoms with E-state index in [4.69, 9.17) is 0 Å².